The molecule has 0 aromatic carbocycles. The summed E-state index contributed by atoms with van der Waals surface area (Å²) in [5, 5.41) is 17.1. The van der Waals surface area contributed by atoms with Gasteiger partial charge in [-0.05, 0) is 28.2 Å². The van der Waals surface area contributed by atoms with E-state index in [4.69, 9.17) is 10.5 Å². The van der Waals surface area contributed by atoms with Crippen LogP contribution in [0.1, 0.15) is 23.2 Å². The van der Waals surface area contributed by atoms with Crippen LogP contribution in [0.2, 0.25) is 0 Å². The van der Waals surface area contributed by atoms with Crippen LogP contribution in [0.5, 0.6) is 0 Å². The molecule has 0 N–H and O–H groups in total. The molecule has 0 aliphatic rings. The zero-order valence-corrected chi connectivity index (χ0v) is 9.49. The quantitative estimate of drug-likeness (QED) is 0.787. The van der Waals surface area contributed by atoms with E-state index in [0.29, 0.717) is 3.57 Å². The highest BCUT2D eigenvalue weighted by Crippen LogP contribution is 2.28. The highest BCUT2D eigenvalue weighted by atomic mass is 127. The number of aromatic nitrogens is 1. The van der Waals surface area contributed by atoms with E-state index in [0.717, 1.165) is 0 Å². The van der Waals surface area contributed by atoms with Crippen molar-refractivity contribution in [2.75, 3.05) is 0 Å². The van der Waals surface area contributed by atoms with Crippen LogP contribution >= 0.6 is 22.6 Å². The SMILES string of the molecule is N#CCc1c(I)cnc(C#N)c1C(F)F. The Morgan fingerprint density at radius 3 is 2.60 bits per heavy atom. The van der Waals surface area contributed by atoms with Gasteiger partial charge < -0.3 is 0 Å². The van der Waals surface area contributed by atoms with Gasteiger partial charge in [0.15, 0.2) is 0 Å². The molecule has 0 saturated heterocycles. The lowest BCUT2D eigenvalue weighted by molar-refractivity contribution is 0.149. The van der Waals surface area contributed by atoms with Crippen LogP contribution in [0, 0.1) is 26.2 Å². The van der Waals surface area contributed by atoms with Crippen molar-refractivity contribution in [2.24, 2.45) is 0 Å². The van der Waals surface area contributed by atoms with Crippen molar-refractivity contribution < 1.29 is 8.78 Å². The molecule has 6 heteroatoms. The first-order chi connectivity index (χ1) is 7.11. The van der Waals surface area contributed by atoms with E-state index >= 15 is 0 Å². The van der Waals surface area contributed by atoms with Gasteiger partial charge in [0.05, 0.1) is 18.1 Å². The standard InChI is InChI=1S/C9H4F2IN3/c10-9(11)8-5(1-2-13)6(12)4-15-7(8)3-14/h4,9H,1H2. The molecule has 76 valence electrons. The molecular weight excluding hydrogens is 315 g/mol. The normalized spacial score (nSPS) is 9.73. The maximum absolute atomic E-state index is 12.7. The van der Waals surface area contributed by atoms with Gasteiger partial charge in [0.25, 0.3) is 6.43 Å². The topological polar surface area (TPSA) is 60.5 Å². The first-order valence-electron chi connectivity index (χ1n) is 3.84. The monoisotopic (exact) mass is 319 g/mol. The van der Waals surface area contributed by atoms with Crippen LogP contribution in [0.15, 0.2) is 6.20 Å². The van der Waals surface area contributed by atoms with Crippen molar-refractivity contribution in [1.82, 2.24) is 4.98 Å². The minimum Gasteiger partial charge on any atom is -0.244 e. The number of hydrogen-bond acceptors (Lipinski definition) is 3. The molecule has 1 aromatic heterocycles. The molecule has 0 saturated carbocycles. The maximum atomic E-state index is 12.7. The van der Waals surface area contributed by atoms with E-state index < -0.39 is 12.0 Å². The van der Waals surface area contributed by atoms with Crippen molar-refractivity contribution in [3.8, 4) is 12.1 Å². The van der Waals surface area contributed by atoms with Crippen LogP contribution in [-0.2, 0) is 6.42 Å². The van der Waals surface area contributed by atoms with Crippen molar-refractivity contribution in [1.29, 1.82) is 10.5 Å². The molecule has 0 unspecified atom stereocenters. The third-order valence-electron chi connectivity index (χ3n) is 1.76. The summed E-state index contributed by atoms with van der Waals surface area (Å²) in [5.41, 5.74) is -0.540. The number of alkyl halides is 2. The van der Waals surface area contributed by atoms with Crippen LogP contribution in [0.25, 0.3) is 0 Å². The number of pyridine rings is 1. The van der Waals surface area contributed by atoms with Gasteiger partial charge in [0.2, 0.25) is 0 Å². The van der Waals surface area contributed by atoms with E-state index in [1.807, 2.05) is 22.6 Å². The molecular formula is C9H4F2IN3. The number of halogens is 3. The predicted octanol–water partition coefficient (Wildman–Crippen LogP) is 2.56. The largest absolute Gasteiger partial charge is 0.266 e. The molecule has 0 amide bonds. The zero-order valence-electron chi connectivity index (χ0n) is 7.34. The number of rotatable bonds is 2. The van der Waals surface area contributed by atoms with E-state index in [1.165, 1.54) is 6.20 Å². The molecule has 3 nitrogen and oxygen atoms in total. The van der Waals surface area contributed by atoms with E-state index in [-0.39, 0.29) is 17.7 Å². The molecule has 0 radical (unpaired) electrons. The second kappa shape index (κ2) is 4.99. The first kappa shape index (κ1) is 11.8. The Kier molecular flexibility index (Phi) is 3.92. The molecule has 0 bridgehead atoms. The van der Waals surface area contributed by atoms with Gasteiger partial charge in [-0.15, -0.1) is 0 Å². The number of nitriles is 2. The third kappa shape index (κ3) is 2.39. The Hall–Kier alpha value is -1.28. The molecule has 0 spiro atoms. The molecule has 1 aromatic rings. The summed E-state index contributed by atoms with van der Waals surface area (Å²) in [6, 6.07) is 3.40. The van der Waals surface area contributed by atoms with Crippen molar-refractivity contribution in [3.05, 3.63) is 26.6 Å². The number of hydrogen-bond donors (Lipinski definition) is 0. The summed E-state index contributed by atoms with van der Waals surface area (Å²) in [6.45, 7) is 0. The fourth-order valence-corrected chi connectivity index (χ4v) is 1.74. The predicted molar refractivity (Wildman–Crippen MR) is 55.9 cm³/mol. The van der Waals surface area contributed by atoms with Crippen LogP contribution in [0.4, 0.5) is 8.78 Å². The Bertz CT molecular complexity index is 460. The molecule has 0 atom stereocenters. The van der Waals surface area contributed by atoms with Gasteiger partial charge in [-0.3, -0.25) is 0 Å². The van der Waals surface area contributed by atoms with Gasteiger partial charge in [-0.25, -0.2) is 13.8 Å². The van der Waals surface area contributed by atoms with Crippen LogP contribution < -0.4 is 0 Å². The molecule has 0 aliphatic carbocycles. The minimum atomic E-state index is -2.79. The number of nitrogens with zero attached hydrogens (tertiary/aromatic N) is 3. The lowest BCUT2D eigenvalue weighted by atomic mass is 10.1. The van der Waals surface area contributed by atoms with Gasteiger partial charge >= 0.3 is 0 Å². The summed E-state index contributed by atoms with van der Waals surface area (Å²) < 4.78 is 25.8. The van der Waals surface area contributed by atoms with Crippen molar-refractivity contribution >= 4 is 22.6 Å². The van der Waals surface area contributed by atoms with Gasteiger partial charge in [-0.2, -0.15) is 10.5 Å². The van der Waals surface area contributed by atoms with Crippen LogP contribution in [0.3, 0.4) is 0 Å². The van der Waals surface area contributed by atoms with Gasteiger partial charge in [0.1, 0.15) is 11.8 Å². The molecule has 1 rings (SSSR count). The molecule has 0 fully saturated rings. The van der Waals surface area contributed by atoms with E-state index in [2.05, 4.69) is 4.98 Å². The lowest BCUT2D eigenvalue weighted by Crippen LogP contribution is -2.03. The van der Waals surface area contributed by atoms with Crippen LogP contribution in [-0.4, -0.2) is 4.98 Å². The Morgan fingerprint density at radius 2 is 2.13 bits per heavy atom. The third-order valence-corrected chi connectivity index (χ3v) is 2.69. The van der Waals surface area contributed by atoms with Crippen molar-refractivity contribution in [3.63, 3.8) is 0 Å². The smallest absolute Gasteiger partial charge is 0.244 e. The summed E-state index contributed by atoms with van der Waals surface area (Å²) in [5.74, 6) is 0. The zero-order chi connectivity index (χ0) is 11.4. The second-order valence-electron chi connectivity index (χ2n) is 2.59. The minimum absolute atomic E-state index is 0.144. The fourth-order valence-electron chi connectivity index (χ4n) is 1.12. The van der Waals surface area contributed by atoms with Crippen molar-refractivity contribution in [2.45, 2.75) is 12.8 Å². The Morgan fingerprint density at radius 1 is 1.47 bits per heavy atom. The lowest BCUT2D eigenvalue weighted by Gasteiger charge is -2.08. The summed E-state index contributed by atoms with van der Waals surface area (Å²) in [6.07, 6.45) is -1.61. The average Bonchev–Trinajstić information content (AvgIpc) is 2.20. The van der Waals surface area contributed by atoms with E-state index in [1.54, 1.807) is 12.1 Å². The second-order valence-corrected chi connectivity index (χ2v) is 3.76. The summed E-state index contributed by atoms with van der Waals surface area (Å²) >= 11 is 1.82. The van der Waals surface area contributed by atoms with E-state index in [9.17, 15) is 8.78 Å². The first-order valence-corrected chi connectivity index (χ1v) is 4.92. The molecule has 0 aliphatic heterocycles. The maximum Gasteiger partial charge on any atom is 0.266 e. The molecule has 1 heterocycles. The Labute approximate surface area is 98.5 Å². The summed E-state index contributed by atoms with van der Waals surface area (Å²) in [7, 11) is 0. The molecule has 15 heavy (non-hydrogen) atoms. The summed E-state index contributed by atoms with van der Waals surface area (Å²) in [4.78, 5) is 3.60. The van der Waals surface area contributed by atoms with Gasteiger partial charge in [0, 0.05) is 9.77 Å². The Balaban J connectivity index is 3.47. The average molecular weight is 319 g/mol. The highest BCUT2D eigenvalue weighted by Gasteiger charge is 2.21. The fraction of sp³-hybridized carbons (Fsp3) is 0.222. The van der Waals surface area contributed by atoms with Gasteiger partial charge in [-0.1, -0.05) is 0 Å². The highest BCUT2D eigenvalue weighted by molar-refractivity contribution is 14.1.